The maximum Gasteiger partial charge on any atom is 0.264 e. The molecule has 2 amide bonds. The molecule has 0 saturated heterocycles. The van der Waals surface area contributed by atoms with Gasteiger partial charge in [-0.25, -0.2) is 8.42 Å². The minimum atomic E-state index is -4.20. The Hall–Kier alpha value is -3.66. The smallest absolute Gasteiger partial charge is 0.264 e. The Balaban J connectivity index is 1.80. The molecule has 10 heteroatoms. The summed E-state index contributed by atoms with van der Waals surface area (Å²) in [6.45, 7) is 3.22. The number of carbonyl (C=O) groups is 2. The van der Waals surface area contributed by atoms with Crippen LogP contribution < -0.4 is 9.62 Å². The van der Waals surface area contributed by atoms with E-state index in [4.69, 9.17) is 11.6 Å². The largest absolute Gasteiger partial charge is 0.357 e. The number of likely N-dealkylation sites (N-methyl/N-ethyl adjacent to an activating group) is 1. The molecular formula is C33H33BrClN3O4S. The van der Waals surface area contributed by atoms with Gasteiger partial charge in [0.2, 0.25) is 11.8 Å². The molecule has 0 aliphatic rings. The Kier molecular flexibility index (Phi) is 10.7. The number of amides is 2. The highest BCUT2D eigenvalue weighted by Gasteiger charge is 2.34. The normalized spacial score (nSPS) is 11.9. The van der Waals surface area contributed by atoms with Crippen molar-refractivity contribution >= 4 is 55.1 Å². The van der Waals surface area contributed by atoms with E-state index in [2.05, 4.69) is 21.2 Å². The number of carbonyl (C=O) groups excluding carboxylic acids is 2. The lowest BCUT2D eigenvalue weighted by atomic mass is 10.0. The number of aryl methyl sites for hydroxylation is 2. The Labute approximate surface area is 266 Å². The number of hydrogen-bond acceptors (Lipinski definition) is 4. The molecule has 1 atom stereocenters. The van der Waals surface area contributed by atoms with Gasteiger partial charge in [-0.3, -0.25) is 13.9 Å². The number of anilines is 1. The van der Waals surface area contributed by atoms with Crippen LogP contribution in [0.2, 0.25) is 5.02 Å². The van der Waals surface area contributed by atoms with Crippen LogP contribution in [0, 0.1) is 13.8 Å². The van der Waals surface area contributed by atoms with Gasteiger partial charge in [-0.2, -0.15) is 0 Å². The summed E-state index contributed by atoms with van der Waals surface area (Å²) in [5.74, 6) is -0.902. The number of hydrogen-bond donors (Lipinski definition) is 1. The lowest BCUT2D eigenvalue weighted by molar-refractivity contribution is -0.139. The summed E-state index contributed by atoms with van der Waals surface area (Å²) in [5, 5.41) is 3.05. The van der Waals surface area contributed by atoms with Crippen LogP contribution in [0.3, 0.4) is 0 Å². The molecular weight excluding hydrogens is 650 g/mol. The van der Waals surface area contributed by atoms with Gasteiger partial charge in [-0.15, -0.1) is 0 Å². The molecule has 4 rings (SSSR count). The number of nitrogens with one attached hydrogen (secondary N) is 1. The van der Waals surface area contributed by atoms with E-state index >= 15 is 0 Å². The summed E-state index contributed by atoms with van der Waals surface area (Å²) in [6, 6.07) is 27.2. The first-order chi connectivity index (χ1) is 20.5. The molecule has 4 aromatic rings. The van der Waals surface area contributed by atoms with E-state index in [1.165, 1.54) is 30.1 Å². The van der Waals surface area contributed by atoms with E-state index in [0.717, 1.165) is 31.0 Å². The summed E-state index contributed by atoms with van der Waals surface area (Å²) in [4.78, 5) is 29.1. The number of benzene rings is 4. The molecule has 0 aliphatic carbocycles. The minimum absolute atomic E-state index is 0.0363. The molecule has 0 fully saturated rings. The SMILES string of the molecule is CNC(=O)[C@@H](Cc1ccccc1)N(Cc1ccc(Br)cc1)C(=O)CN(c1ccc(C)c(Cl)c1)S(=O)(=O)c1ccc(C)cc1. The molecule has 0 radical (unpaired) electrons. The zero-order chi connectivity index (χ0) is 31.1. The fourth-order valence-electron chi connectivity index (χ4n) is 4.61. The summed E-state index contributed by atoms with van der Waals surface area (Å²) < 4.78 is 30.1. The van der Waals surface area contributed by atoms with Gasteiger partial charge in [0, 0.05) is 29.5 Å². The van der Waals surface area contributed by atoms with Gasteiger partial charge >= 0.3 is 0 Å². The van der Waals surface area contributed by atoms with Crippen LogP contribution in [0.5, 0.6) is 0 Å². The number of nitrogens with zero attached hydrogens (tertiary/aromatic N) is 2. The lowest BCUT2D eigenvalue weighted by Crippen LogP contribution is -2.53. The monoisotopic (exact) mass is 681 g/mol. The van der Waals surface area contributed by atoms with Gasteiger partial charge < -0.3 is 10.2 Å². The second-order valence-electron chi connectivity index (χ2n) is 10.2. The first kappa shape index (κ1) is 32.3. The van der Waals surface area contributed by atoms with E-state index in [0.29, 0.717) is 5.02 Å². The molecule has 43 heavy (non-hydrogen) atoms. The average Bonchev–Trinajstić information content (AvgIpc) is 3.00. The predicted molar refractivity (Wildman–Crippen MR) is 175 cm³/mol. The van der Waals surface area contributed by atoms with Gasteiger partial charge in [0.05, 0.1) is 10.6 Å². The molecule has 7 nitrogen and oxygen atoms in total. The van der Waals surface area contributed by atoms with Crippen LogP contribution in [0.1, 0.15) is 22.3 Å². The van der Waals surface area contributed by atoms with Crippen molar-refractivity contribution in [3.8, 4) is 0 Å². The first-order valence-corrected chi connectivity index (χ1v) is 16.3. The molecule has 0 heterocycles. The molecule has 224 valence electrons. The van der Waals surface area contributed by atoms with E-state index in [-0.39, 0.29) is 29.5 Å². The van der Waals surface area contributed by atoms with Crippen molar-refractivity contribution in [1.82, 2.24) is 10.2 Å². The highest BCUT2D eigenvalue weighted by molar-refractivity contribution is 9.10. The van der Waals surface area contributed by atoms with Gasteiger partial charge in [0.1, 0.15) is 12.6 Å². The fourth-order valence-corrected chi connectivity index (χ4v) is 6.46. The highest BCUT2D eigenvalue weighted by Crippen LogP contribution is 2.29. The highest BCUT2D eigenvalue weighted by atomic mass is 79.9. The lowest BCUT2D eigenvalue weighted by Gasteiger charge is -2.33. The van der Waals surface area contributed by atoms with Crippen LogP contribution in [0.25, 0.3) is 0 Å². The van der Waals surface area contributed by atoms with Gasteiger partial charge in [-0.05, 0) is 66.9 Å². The Morgan fingerprint density at radius 3 is 2.14 bits per heavy atom. The molecule has 0 aromatic heterocycles. The second-order valence-corrected chi connectivity index (χ2v) is 13.4. The van der Waals surface area contributed by atoms with E-state index < -0.39 is 28.5 Å². The van der Waals surface area contributed by atoms with Crippen LogP contribution >= 0.6 is 27.5 Å². The summed E-state index contributed by atoms with van der Waals surface area (Å²) in [5.41, 5.74) is 3.55. The van der Waals surface area contributed by atoms with E-state index in [9.17, 15) is 18.0 Å². The van der Waals surface area contributed by atoms with Crippen molar-refractivity contribution in [2.45, 2.75) is 37.8 Å². The van der Waals surface area contributed by atoms with Crippen molar-refractivity contribution in [3.63, 3.8) is 0 Å². The Bertz CT molecular complexity index is 1680. The van der Waals surface area contributed by atoms with Crippen molar-refractivity contribution < 1.29 is 18.0 Å². The first-order valence-electron chi connectivity index (χ1n) is 13.6. The number of sulfonamides is 1. The molecule has 0 aliphatic heterocycles. The van der Waals surface area contributed by atoms with Crippen LogP contribution in [0.15, 0.2) is 106 Å². The van der Waals surface area contributed by atoms with E-state index in [1.807, 2.05) is 68.4 Å². The molecule has 0 saturated carbocycles. The zero-order valence-electron chi connectivity index (χ0n) is 24.1. The van der Waals surface area contributed by atoms with Crippen molar-refractivity contribution in [2.75, 3.05) is 17.9 Å². The maximum atomic E-state index is 14.3. The number of halogens is 2. The number of rotatable bonds is 11. The molecule has 0 bridgehead atoms. The summed E-state index contributed by atoms with van der Waals surface area (Å²) in [6.07, 6.45) is 0.240. The van der Waals surface area contributed by atoms with E-state index in [1.54, 1.807) is 24.3 Å². The molecule has 4 aromatic carbocycles. The predicted octanol–water partition coefficient (Wildman–Crippen LogP) is 6.30. The fraction of sp³-hybridized carbons (Fsp3) is 0.212. The third-order valence-corrected chi connectivity index (χ3v) is 9.84. The Morgan fingerprint density at radius 1 is 0.884 bits per heavy atom. The van der Waals surface area contributed by atoms with Crippen LogP contribution in [0.4, 0.5) is 5.69 Å². The van der Waals surface area contributed by atoms with Crippen molar-refractivity contribution in [2.24, 2.45) is 0 Å². The molecule has 1 N–H and O–H groups in total. The maximum absolute atomic E-state index is 14.3. The zero-order valence-corrected chi connectivity index (χ0v) is 27.3. The summed E-state index contributed by atoms with van der Waals surface area (Å²) >= 11 is 9.86. The standard InChI is InChI=1S/C33H33BrClN3O4S/c1-23-9-17-29(18-10-23)43(41,42)38(28-16-11-24(2)30(35)20-28)22-32(39)37(21-26-12-14-27(34)15-13-26)31(33(40)36-3)19-25-7-5-4-6-8-25/h4-18,20,31H,19,21-22H2,1-3H3,(H,36,40)/t31-/m1/s1. The quantitative estimate of drug-likeness (QED) is 0.201. The minimum Gasteiger partial charge on any atom is -0.357 e. The molecule has 0 spiro atoms. The van der Waals surface area contributed by atoms with Gasteiger partial charge in [0.15, 0.2) is 0 Å². The second kappa shape index (κ2) is 14.2. The summed E-state index contributed by atoms with van der Waals surface area (Å²) in [7, 11) is -2.68. The van der Waals surface area contributed by atoms with Gasteiger partial charge in [0.25, 0.3) is 10.0 Å². The van der Waals surface area contributed by atoms with Crippen molar-refractivity contribution in [3.05, 3.63) is 129 Å². The average molecular weight is 683 g/mol. The molecule has 0 unspecified atom stereocenters. The van der Waals surface area contributed by atoms with Crippen molar-refractivity contribution in [1.29, 1.82) is 0 Å². The van der Waals surface area contributed by atoms with Crippen LogP contribution in [-0.2, 0) is 32.6 Å². The third-order valence-electron chi connectivity index (χ3n) is 7.11. The van der Waals surface area contributed by atoms with Crippen LogP contribution in [-0.4, -0.2) is 44.8 Å². The topological polar surface area (TPSA) is 86.8 Å². The van der Waals surface area contributed by atoms with Gasteiger partial charge in [-0.1, -0.05) is 93.8 Å². The Morgan fingerprint density at radius 2 is 1.53 bits per heavy atom. The third kappa shape index (κ3) is 8.04.